The number of carbonyl (C=O) groups is 1. The van der Waals surface area contributed by atoms with Crippen LogP contribution in [0.15, 0.2) is 72.1 Å². The van der Waals surface area contributed by atoms with E-state index in [-0.39, 0.29) is 18.2 Å². The number of hydrazine groups is 1. The highest BCUT2D eigenvalue weighted by molar-refractivity contribution is 5.90. The lowest BCUT2D eigenvalue weighted by Gasteiger charge is -2.29. The predicted octanol–water partition coefficient (Wildman–Crippen LogP) is 5.21. The van der Waals surface area contributed by atoms with Crippen molar-refractivity contribution in [2.45, 2.75) is 51.7 Å². The zero-order chi connectivity index (χ0) is 25.8. The van der Waals surface area contributed by atoms with Crippen LogP contribution in [0, 0.1) is 0 Å². The number of ether oxygens (including phenoxy) is 1. The summed E-state index contributed by atoms with van der Waals surface area (Å²) in [6.07, 6.45) is -0.222. The molecule has 1 heterocycles. The van der Waals surface area contributed by atoms with E-state index in [2.05, 4.69) is 26.1 Å². The van der Waals surface area contributed by atoms with Crippen molar-refractivity contribution in [3.8, 4) is 0 Å². The molecule has 10 heteroatoms. The minimum atomic E-state index is -4.67. The number of nitrogens with one attached hydrogen (secondary N) is 4. The topological polar surface area (TPSA) is 77.7 Å². The molecular weight excluding hydrogens is 471 g/mol. The van der Waals surface area contributed by atoms with Crippen LogP contribution in [0.3, 0.4) is 0 Å². The molecule has 2 aliphatic rings. The molecule has 192 valence electrons. The summed E-state index contributed by atoms with van der Waals surface area (Å²) in [5, 5.41) is 11.1. The van der Waals surface area contributed by atoms with E-state index >= 15 is 0 Å². The third-order valence-corrected chi connectivity index (χ3v) is 6.26. The molecule has 1 aliphatic heterocycles. The second-order valence-electron chi connectivity index (χ2n) is 8.85. The Morgan fingerprint density at radius 2 is 1.86 bits per heavy atom. The van der Waals surface area contributed by atoms with E-state index in [4.69, 9.17) is 0 Å². The standard InChI is InChI=1S/C26H30F3N5O2/c1-3-19-6-4-5-7-23(19)32-24(35)30-16-18-8-10-20(11-9-18)25(2)31-17-34(33-25)21-12-14-22(15-13-21)36-26(27,28)29/h4-12,14,31,33H,3,13,15-17H2,1-2H3,(H2,30,32,35). The van der Waals surface area contributed by atoms with Gasteiger partial charge in [0, 0.05) is 24.4 Å². The van der Waals surface area contributed by atoms with Crippen LogP contribution in [-0.2, 0) is 23.4 Å². The van der Waals surface area contributed by atoms with Gasteiger partial charge in [-0.2, -0.15) is 0 Å². The number of carbonyl (C=O) groups excluding carboxylic acids is 1. The molecule has 2 amide bonds. The van der Waals surface area contributed by atoms with Gasteiger partial charge < -0.3 is 15.4 Å². The van der Waals surface area contributed by atoms with Crippen molar-refractivity contribution >= 4 is 11.7 Å². The van der Waals surface area contributed by atoms with Crippen molar-refractivity contribution in [3.63, 3.8) is 0 Å². The SMILES string of the molecule is CCc1ccccc1NC(=O)NCc1ccc(C2(C)NCN(C3=CC=C(OC(F)(F)F)CC3)N2)cc1. The number of aryl methyl sites for hydroxylation is 1. The molecule has 2 aromatic carbocycles. The molecule has 7 nitrogen and oxygen atoms in total. The number of anilines is 1. The fourth-order valence-corrected chi connectivity index (χ4v) is 4.25. The highest BCUT2D eigenvalue weighted by Gasteiger charge is 2.36. The van der Waals surface area contributed by atoms with Gasteiger partial charge in [0.25, 0.3) is 0 Å². The van der Waals surface area contributed by atoms with E-state index < -0.39 is 12.0 Å². The number of hydrogen-bond acceptors (Lipinski definition) is 5. The van der Waals surface area contributed by atoms with E-state index in [1.54, 1.807) is 6.08 Å². The lowest BCUT2D eigenvalue weighted by Crippen LogP contribution is -2.45. The van der Waals surface area contributed by atoms with Crippen LogP contribution in [0.4, 0.5) is 23.7 Å². The molecule has 1 unspecified atom stereocenters. The first-order valence-electron chi connectivity index (χ1n) is 11.8. The molecule has 4 rings (SSSR count). The number of halogens is 3. The van der Waals surface area contributed by atoms with Gasteiger partial charge in [0.05, 0.1) is 6.67 Å². The minimum Gasteiger partial charge on any atom is -0.410 e. The lowest BCUT2D eigenvalue weighted by atomic mass is 10.0. The van der Waals surface area contributed by atoms with Crippen molar-refractivity contribution in [1.29, 1.82) is 0 Å². The summed E-state index contributed by atoms with van der Waals surface area (Å²) in [6.45, 7) is 4.91. The average molecular weight is 502 g/mol. The van der Waals surface area contributed by atoms with Crippen LogP contribution in [0.2, 0.25) is 0 Å². The molecule has 4 N–H and O–H groups in total. The number of amides is 2. The Morgan fingerprint density at radius 3 is 2.53 bits per heavy atom. The Morgan fingerprint density at radius 1 is 1.11 bits per heavy atom. The number of benzene rings is 2. The normalized spacial score (nSPS) is 20.0. The molecule has 0 bridgehead atoms. The first kappa shape index (κ1) is 25.6. The maximum absolute atomic E-state index is 12.4. The molecule has 0 spiro atoms. The molecule has 1 fully saturated rings. The van der Waals surface area contributed by atoms with Crippen LogP contribution in [0.5, 0.6) is 0 Å². The molecule has 1 atom stereocenters. The van der Waals surface area contributed by atoms with E-state index in [1.165, 1.54) is 6.08 Å². The maximum Gasteiger partial charge on any atom is 0.572 e. The Bertz CT molecular complexity index is 1150. The Labute approximate surface area is 208 Å². The lowest BCUT2D eigenvalue weighted by molar-refractivity contribution is -0.306. The summed E-state index contributed by atoms with van der Waals surface area (Å²) in [4.78, 5) is 12.3. The Kier molecular flexibility index (Phi) is 7.56. The first-order valence-corrected chi connectivity index (χ1v) is 11.8. The molecule has 36 heavy (non-hydrogen) atoms. The molecular formula is C26H30F3N5O2. The van der Waals surface area contributed by atoms with Crippen molar-refractivity contribution in [2.75, 3.05) is 12.0 Å². The van der Waals surface area contributed by atoms with Gasteiger partial charge in [0.2, 0.25) is 0 Å². The monoisotopic (exact) mass is 501 g/mol. The van der Waals surface area contributed by atoms with Crippen LogP contribution in [0.25, 0.3) is 0 Å². The first-order chi connectivity index (χ1) is 17.1. The van der Waals surface area contributed by atoms with E-state index in [1.807, 2.05) is 67.4 Å². The summed E-state index contributed by atoms with van der Waals surface area (Å²) >= 11 is 0. The molecule has 1 saturated heterocycles. The summed E-state index contributed by atoms with van der Waals surface area (Å²) in [5.74, 6) is -0.0892. The third-order valence-electron chi connectivity index (χ3n) is 6.26. The van der Waals surface area contributed by atoms with Crippen LogP contribution in [0.1, 0.15) is 43.4 Å². The number of urea groups is 1. The van der Waals surface area contributed by atoms with Crippen LogP contribution >= 0.6 is 0 Å². The van der Waals surface area contributed by atoms with Gasteiger partial charge in [0.15, 0.2) is 0 Å². The number of para-hydroxylation sites is 1. The highest BCUT2D eigenvalue weighted by Crippen LogP contribution is 2.30. The predicted molar refractivity (Wildman–Crippen MR) is 131 cm³/mol. The van der Waals surface area contributed by atoms with E-state index in [0.29, 0.717) is 19.6 Å². The van der Waals surface area contributed by atoms with Crippen LogP contribution < -0.4 is 21.4 Å². The number of hydrogen-bond donors (Lipinski definition) is 4. The Balaban J connectivity index is 1.31. The van der Waals surface area contributed by atoms with Gasteiger partial charge in [-0.05, 0) is 54.7 Å². The number of nitrogens with zero attached hydrogens (tertiary/aromatic N) is 1. The van der Waals surface area contributed by atoms with Crippen molar-refractivity contribution < 1.29 is 22.7 Å². The maximum atomic E-state index is 12.4. The van der Waals surface area contributed by atoms with Crippen molar-refractivity contribution in [1.82, 2.24) is 21.1 Å². The zero-order valence-electron chi connectivity index (χ0n) is 20.2. The fraction of sp³-hybridized carbons (Fsp3) is 0.346. The van der Waals surface area contributed by atoms with Gasteiger partial charge in [-0.3, -0.25) is 10.3 Å². The van der Waals surface area contributed by atoms with Gasteiger partial charge in [-0.15, -0.1) is 13.2 Å². The van der Waals surface area contributed by atoms with E-state index in [9.17, 15) is 18.0 Å². The second kappa shape index (κ2) is 10.6. The highest BCUT2D eigenvalue weighted by atomic mass is 19.4. The minimum absolute atomic E-state index is 0.0892. The molecule has 0 radical (unpaired) electrons. The van der Waals surface area contributed by atoms with Crippen molar-refractivity contribution in [2.24, 2.45) is 0 Å². The van der Waals surface area contributed by atoms with Gasteiger partial charge in [0.1, 0.15) is 11.4 Å². The summed E-state index contributed by atoms with van der Waals surface area (Å²) < 4.78 is 41.3. The Hall–Kier alpha value is -3.50. The molecule has 2 aromatic rings. The number of rotatable bonds is 7. The van der Waals surface area contributed by atoms with Gasteiger partial charge >= 0.3 is 12.4 Å². The number of allylic oxidation sites excluding steroid dienone is 4. The van der Waals surface area contributed by atoms with Gasteiger partial charge in [-0.25, -0.2) is 10.2 Å². The van der Waals surface area contributed by atoms with Crippen LogP contribution in [-0.4, -0.2) is 24.1 Å². The molecule has 0 aromatic heterocycles. The van der Waals surface area contributed by atoms with Gasteiger partial charge in [-0.1, -0.05) is 49.4 Å². The van der Waals surface area contributed by atoms with E-state index in [0.717, 1.165) is 34.5 Å². The second-order valence-corrected chi connectivity index (χ2v) is 8.85. The molecule has 1 aliphatic carbocycles. The average Bonchev–Trinajstić information content (AvgIpc) is 3.26. The number of alkyl halides is 3. The summed E-state index contributed by atoms with van der Waals surface area (Å²) in [7, 11) is 0. The van der Waals surface area contributed by atoms with Crippen molar-refractivity contribution in [3.05, 3.63) is 88.8 Å². The largest absolute Gasteiger partial charge is 0.572 e. The quantitative estimate of drug-likeness (QED) is 0.419. The summed E-state index contributed by atoms with van der Waals surface area (Å²) in [6, 6.07) is 15.3. The molecule has 0 saturated carbocycles. The fourth-order valence-electron chi connectivity index (χ4n) is 4.25. The third kappa shape index (κ3) is 6.38. The summed E-state index contributed by atoms with van der Waals surface area (Å²) in [5.41, 5.74) is 7.54. The zero-order valence-corrected chi connectivity index (χ0v) is 20.2. The smallest absolute Gasteiger partial charge is 0.410 e.